The number of aryl methyl sites for hydroxylation is 1. The number of imidazole rings is 1. The molecule has 1 aromatic carbocycles. The molecule has 0 unspecified atom stereocenters. The maximum absolute atomic E-state index is 13.5. The summed E-state index contributed by atoms with van der Waals surface area (Å²) in [6.45, 7) is 2.39. The number of anilines is 1. The van der Waals surface area contributed by atoms with Crippen molar-refractivity contribution in [1.82, 2.24) is 9.55 Å². The van der Waals surface area contributed by atoms with Crippen LogP contribution in [0.3, 0.4) is 0 Å². The number of nitrogens with two attached hydrogens (primary N) is 1. The van der Waals surface area contributed by atoms with Gasteiger partial charge in [-0.25, -0.2) is 9.37 Å². The van der Waals surface area contributed by atoms with Gasteiger partial charge < -0.3 is 10.3 Å². The Labute approximate surface area is 122 Å². The molecule has 0 saturated carbocycles. The second-order valence-electron chi connectivity index (χ2n) is 4.46. The van der Waals surface area contributed by atoms with Crippen molar-refractivity contribution >= 4 is 17.4 Å². The summed E-state index contributed by atoms with van der Waals surface area (Å²) in [7, 11) is 0. The first kappa shape index (κ1) is 14.4. The van der Waals surface area contributed by atoms with E-state index in [0.29, 0.717) is 28.6 Å². The highest BCUT2D eigenvalue weighted by atomic mass is 35.5. The normalized spacial score (nSPS) is 10.5. The van der Waals surface area contributed by atoms with E-state index in [1.807, 2.05) is 6.92 Å². The van der Waals surface area contributed by atoms with Crippen molar-refractivity contribution in [3.63, 3.8) is 0 Å². The van der Waals surface area contributed by atoms with Crippen molar-refractivity contribution < 1.29 is 4.39 Å². The molecular weight excluding hydrogens is 277 g/mol. The first-order chi connectivity index (χ1) is 9.56. The maximum atomic E-state index is 13.5. The van der Waals surface area contributed by atoms with Gasteiger partial charge in [-0.05, 0) is 24.6 Å². The zero-order valence-corrected chi connectivity index (χ0v) is 11.9. The van der Waals surface area contributed by atoms with Crippen LogP contribution in [0, 0.1) is 18.2 Å². The van der Waals surface area contributed by atoms with Crippen LogP contribution in [-0.2, 0) is 13.0 Å². The van der Waals surface area contributed by atoms with Gasteiger partial charge in [-0.15, -0.1) is 6.42 Å². The second kappa shape index (κ2) is 5.98. The van der Waals surface area contributed by atoms with Crippen LogP contribution >= 0.6 is 11.6 Å². The molecule has 0 radical (unpaired) electrons. The summed E-state index contributed by atoms with van der Waals surface area (Å²) < 4.78 is 15.2. The average Bonchev–Trinajstić information content (AvgIpc) is 2.67. The molecule has 0 bridgehead atoms. The van der Waals surface area contributed by atoms with E-state index < -0.39 is 5.82 Å². The number of hydrogen-bond donors (Lipinski definition) is 1. The SMILES string of the molecule is C#CCn1c(CCC)nc(-c2cc(F)cc(Cl)c2)c1N. The molecule has 2 N–H and O–H groups in total. The average molecular weight is 292 g/mol. The Bertz CT molecular complexity index is 650. The third kappa shape index (κ3) is 2.78. The molecule has 0 aliphatic carbocycles. The van der Waals surface area contributed by atoms with Crippen LogP contribution in [0.2, 0.25) is 5.02 Å². The fourth-order valence-electron chi connectivity index (χ4n) is 2.10. The number of nitrogens with zero attached hydrogens (tertiary/aromatic N) is 2. The van der Waals surface area contributed by atoms with Crippen molar-refractivity contribution in [3.8, 4) is 23.6 Å². The van der Waals surface area contributed by atoms with E-state index in [1.54, 1.807) is 10.6 Å². The minimum Gasteiger partial charge on any atom is -0.383 e. The standard InChI is InChI=1S/C15H15ClFN3/c1-3-5-13-19-14(15(18)20(13)6-4-2)10-7-11(16)9-12(17)8-10/h2,7-9H,3,5-6,18H2,1H3. The van der Waals surface area contributed by atoms with Gasteiger partial charge in [0.05, 0.1) is 6.54 Å². The predicted octanol–water partition coefficient (Wildman–Crippen LogP) is 3.51. The van der Waals surface area contributed by atoms with E-state index in [4.69, 9.17) is 23.8 Å². The molecule has 104 valence electrons. The predicted molar refractivity (Wildman–Crippen MR) is 79.9 cm³/mol. The third-order valence-electron chi connectivity index (χ3n) is 2.94. The Morgan fingerprint density at radius 3 is 2.80 bits per heavy atom. The van der Waals surface area contributed by atoms with Gasteiger partial charge in [0, 0.05) is 17.0 Å². The molecule has 0 amide bonds. The minimum atomic E-state index is -0.421. The Morgan fingerprint density at radius 2 is 2.20 bits per heavy atom. The molecule has 0 fully saturated rings. The number of rotatable bonds is 4. The molecule has 0 spiro atoms. The highest BCUT2D eigenvalue weighted by Gasteiger charge is 2.16. The van der Waals surface area contributed by atoms with Gasteiger partial charge in [0.1, 0.15) is 23.2 Å². The van der Waals surface area contributed by atoms with Gasteiger partial charge in [0.25, 0.3) is 0 Å². The van der Waals surface area contributed by atoms with Crippen LogP contribution in [0.25, 0.3) is 11.3 Å². The molecule has 0 aliphatic heterocycles. The van der Waals surface area contributed by atoms with Gasteiger partial charge in [0.2, 0.25) is 0 Å². The summed E-state index contributed by atoms with van der Waals surface area (Å²) in [5, 5.41) is 0.308. The number of hydrogen-bond acceptors (Lipinski definition) is 2. The Balaban J connectivity index is 2.57. The summed E-state index contributed by atoms with van der Waals surface area (Å²) in [5.74, 6) is 3.38. The van der Waals surface area contributed by atoms with E-state index in [0.717, 1.165) is 18.7 Å². The van der Waals surface area contributed by atoms with Gasteiger partial charge in [-0.3, -0.25) is 0 Å². The van der Waals surface area contributed by atoms with Crippen molar-refractivity contribution in [1.29, 1.82) is 0 Å². The lowest BCUT2D eigenvalue weighted by Crippen LogP contribution is -2.06. The fraction of sp³-hybridized carbons (Fsp3) is 0.267. The highest BCUT2D eigenvalue weighted by molar-refractivity contribution is 6.30. The number of halogens is 2. The van der Waals surface area contributed by atoms with Gasteiger partial charge >= 0.3 is 0 Å². The molecule has 20 heavy (non-hydrogen) atoms. The Morgan fingerprint density at radius 1 is 1.45 bits per heavy atom. The van der Waals surface area contributed by atoms with E-state index in [2.05, 4.69) is 10.9 Å². The summed E-state index contributed by atoms with van der Waals surface area (Å²) >= 11 is 5.87. The van der Waals surface area contributed by atoms with Crippen molar-refractivity contribution in [2.24, 2.45) is 0 Å². The number of terminal acetylenes is 1. The van der Waals surface area contributed by atoms with Crippen molar-refractivity contribution in [2.75, 3.05) is 5.73 Å². The van der Waals surface area contributed by atoms with Crippen molar-refractivity contribution in [3.05, 3.63) is 34.9 Å². The molecule has 2 aromatic rings. The first-order valence-electron chi connectivity index (χ1n) is 6.31. The highest BCUT2D eigenvalue weighted by Crippen LogP contribution is 2.29. The van der Waals surface area contributed by atoms with Crippen LogP contribution in [0.5, 0.6) is 0 Å². The smallest absolute Gasteiger partial charge is 0.132 e. The lowest BCUT2D eigenvalue weighted by Gasteiger charge is -2.05. The first-order valence-corrected chi connectivity index (χ1v) is 6.69. The minimum absolute atomic E-state index is 0.308. The Hall–Kier alpha value is -1.99. The number of benzene rings is 1. The van der Waals surface area contributed by atoms with Gasteiger partial charge in [-0.2, -0.15) is 0 Å². The summed E-state index contributed by atoms with van der Waals surface area (Å²) in [5.41, 5.74) is 7.17. The second-order valence-corrected chi connectivity index (χ2v) is 4.90. The largest absolute Gasteiger partial charge is 0.383 e. The fourth-order valence-corrected chi connectivity index (χ4v) is 2.32. The molecule has 1 aromatic heterocycles. The Kier molecular flexibility index (Phi) is 4.31. The number of nitrogen functional groups attached to an aromatic ring is 1. The monoisotopic (exact) mass is 291 g/mol. The van der Waals surface area contributed by atoms with E-state index in [-0.39, 0.29) is 0 Å². The molecule has 0 aliphatic rings. The third-order valence-corrected chi connectivity index (χ3v) is 3.16. The van der Waals surface area contributed by atoms with Crippen LogP contribution in [0.1, 0.15) is 19.2 Å². The van der Waals surface area contributed by atoms with Crippen LogP contribution in [0.15, 0.2) is 18.2 Å². The summed E-state index contributed by atoms with van der Waals surface area (Å²) in [6, 6.07) is 4.24. The zero-order valence-electron chi connectivity index (χ0n) is 11.2. The summed E-state index contributed by atoms with van der Waals surface area (Å²) in [4.78, 5) is 4.49. The molecule has 2 rings (SSSR count). The van der Waals surface area contributed by atoms with Gasteiger partial charge in [0.15, 0.2) is 0 Å². The van der Waals surface area contributed by atoms with Crippen LogP contribution in [0.4, 0.5) is 10.2 Å². The molecule has 0 saturated heterocycles. The lowest BCUT2D eigenvalue weighted by molar-refractivity contribution is 0.628. The van der Waals surface area contributed by atoms with E-state index >= 15 is 0 Å². The molecule has 1 heterocycles. The molecule has 5 heteroatoms. The molecule has 3 nitrogen and oxygen atoms in total. The molecule has 0 atom stereocenters. The van der Waals surface area contributed by atoms with Crippen LogP contribution in [-0.4, -0.2) is 9.55 Å². The van der Waals surface area contributed by atoms with E-state index in [9.17, 15) is 4.39 Å². The topological polar surface area (TPSA) is 43.8 Å². The van der Waals surface area contributed by atoms with E-state index in [1.165, 1.54) is 12.1 Å². The summed E-state index contributed by atoms with van der Waals surface area (Å²) in [6.07, 6.45) is 7.04. The quantitative estimate of drug-likeness (QED) is 0.876. The van der Waals surface area contributed by atoms with Gasteiger partial charge in [-0.1, -0.05) is 24.4 Å². The van der Waals surface area contributed by atoms with Crippen molar-refractivity contribution in [2.45, 2.75) is 26.3 Å². The number of aromatic nitrogens is 2. The zero-order chi connectivity index (χ0) is 14.7. The lowest BCUT2D eigenvalue weighted by atomic mass is 10.1. The van der Waals surface area contributed by atoms with Crippen LogP contribution < -0.4 is 5.73 Å². The maximum Gasteiger partial charge on any atom is 0.132 e. The molecular formula is C15H15ClFN3.